The second-order valence-electron chi connectivity index (χ2n) is 6.19. The zero-order valence-corrected chi connectivity index (χ0v) is 12.4. The molecule has 1 fully saturated rings. The van der Waals surface area contributed by atoms with Crippen LogP contribution in [0.4, 0.5) is 0 Å². The molecule has 1 heterocycles. The van der Waals surface area contributed by atoms with Crippen LogP contribution in [-0.2, 0) is 9.05 Å². The van der Waals surface area contributed by atoms with Crippen molar-refractivity contribution in [1.29, 1.82) is 0 Å². The van der Waals surface area contributed by atoms with Crippen molar-refractivity contribution in [1.82, 2.24) is 0 Å². The Hall–Kier alpha value is 0.0900. The quantitative estimate of drug-likeness (QED) is 0.542. The molecule has 3 heteroatoms. The van der Waals surface area contributed by atoms with Gasteiger partial charge in [-0.05, 0) is 24.7 Å². The van der Waals surface area contributed by atoms with Gasteiger partial charge in [0.05, 0.1) is 12.2 Å². The fourth-order valence-corrected chi connectivity index (χ4v) is 4.20. The van der Waals surface area contributed by atoms with E-state index >= 15 is 0 Å². The molecule has 0 aliphatic carbocycles. The minimum absolute atomic E-state index is 0.135. The molecule has 0 spiro atoms. The third-order valence-electron chi connectivity index (χ3n) is 4.39. The summed E-state index contributed by atoms with van der Waals surface area (Å²) in [5.41, 5.74) is 0.208. The van der Waals surface area contributed by atoms with Crippen LogP contribution in [0.25, 0.3) is 0 Å². The lowest BCUT2D eigenvalue weighted by molar-refractivity contribution is -0.0962. The van der Waals surface area contributed by atoms with Crippen LogP contribution < -0.4 is 0 Å². The van der Waals surface area contributed by atoms with E-state index in [-0.39, 0.29) is 16.4 Å². The molecular formula is C13H25O2P. The maximum atomic E-state index is 6.12. The third kappa shape index (κ3) is 2.34. The van der Waals surface area contributed by atoms with E-state index in [0.717, 1.165) is 6.16 Å². The lowest BCUT2D eigenvalue weighted by Gasteiger charge is -2.57. The van der Waals surface area contributed by atoms with Gasteiger partial charge in [0.2, 0.25) is 0 Å². The minimum atomic E-state index is -0.783. The van der Waals surface area contributed by atoms with Gasteiger partial charge in [-0.3, -0.25) is 0 Å². The van der Waals surface area contributed by atoms with E-state index in [1.165, 1.54) is 0 Å². The molecule has 16 heavy (non-hydrogen) atoms. The van der Waals surface area contributed by atoms with Gasteiger partial charge in [-0.25, -0.2) is 0 Å². The number of hydrogen-bond donors (Lipinski definition) is 0. The summed E-state index contributed by atoms with van der Waals surface area (Å²) < 4.78 is 11.8. The highest BCUT2D eigenvalue weighted by molar-refractivity contribution is 7.47. The first-order valence-electron chi connectivity index (χ1n) is 5.84. The lowest BCUT2D eigenvalue weighted by Crippen LogP contribution is -2.54. The molecule has 94 valence electrons. The molecule has 0 aromatic heterocycles. The first kappa shape index (κ1) is 14.2. The van der Waals surface area contributed by atoms with Crippen molar-refractivity contribution in [2.24, 2.45) is 10.8 Å². The highest BCUT2D eigenvalue weighted by Gasteiger charge is 2.55. The minimum Gasteiger partial charge on any atom is -0.330 e. The van der Waals surface area contributed by atoms with Gasteiger partial charge in [-0.1, -0.05) is 33.8 Å². The molecule has 1 aliphatic rings. The van der Waals surface area contributed by atoms with Gasteiger partial charge in [-0.15, -0.1) is 6.58 Å². The second-order valence-corrected chi connectivity index (χ2v) is 7.61. The Morgan fingerprint density at radius 2 is 1.81 bits per heavy atom. The van der Waals surface area contributed by atoms with E-state index < -0.39 is 8.38 Å². The molecule has 2 nitrogen and oxygen atoms in total. The zero-order chi connectivity index (χ0) is 12.6. The Labute approximate surface area is 101 Å². The molecule has 0 amide bonds. The molecule has 0 saturated carbocycles. The van der Waals surface area contributed by atoms with Crippen molar-refractivity contribution in [2.45, 2.75) is 47.1 Å². The van der Waals surface area contributed by atoms with Crippen molar-refractivity contribution in [3.63, 3.8) is 0 Å². The van der Waals surface area contributed by atoms with Gasteiger partial charge in [0, 0.05) is 6.16 Å². The standard InChI is InChI=1S/C13H25O2P/c1-8-9-14-16-10-11(2,3)12(4,5)13(6,7)15-16/h8H,1,9-10H2,2-7H3. The van der Waals surface area contributed by atoms with Crippen molar-refractivity contribution in [3.05, 3.63) is 12.7 Å². The predicted octanol–water partition coefficient (Wildman–Crippen LogP) is 4.36. The van der Waals surface area contributed by atoms with Crippen LogP contribution in [0.3, 0.4) is 0 Å². The smallest absolute Gasteiger partial charge is 0.171 e. The van der Waals surface area contributed by atoms with E-state index in [1.54, 1.807) is 6.08 Å². The summed E-state index contributed by atoms with van der Waals surface area (Å²) in [6, 6.07) is 0. The summed E-state index contributed by atoms with van der Waals surface area (Å²) in [6.07, 6.45) is 2.78. The van der Waals surface area contributed by atoms with Crippen molar-refractivity contribution in [2.75, 3.05) is 12.8 Å². The Balaban J connectivity index is 2.85. The average molecular weight is 244 g/mol. The highest BCUT2D eigenvalue weighted by atomic mass is 31.2. The first-order valence-corrected chi connectivity index (χ1v) is 7.21. The molecular weight excluding hydrogens is 219 g/mol. The maximum absolute atomic E-state index is 6.12. The van der Waals surface area contributed by atoms with Crippen LogP contribution in [0, 0.1) is 10.8 Å². The molecule has 1 aliphatic heterocycles. The summed E-state index contributed by atoms with van der Waals surface area (Å²) in [6.45, 7) is 17.8. The van der Waals surface area contributed by atoms with Gasteiger partial charge < -0.3 is 9.05 Å². The van der Waals surface area contributed by atoms with Gasteiger partial charge in [0.25, 0.3) is 0 Å². The Bertz CT molecular complexity index is 249. The predicted molar refractivity (Wildman–Crippen MR) is 70.7 cm³/mol. The normalized spacial score (nSPS) is 31.0. The number of hydrogen-bond acceptors (Lipinski definition) is 2. The second kappa shape index (κ2) is 4.40. The molecule has 1 atom stereocenters. The average Bonchev–Trinajstić information content (AvgIpc) is 2.10. The van der Waals surface area contributed by atoms with Gasteiger partial charge in [0.1, 0.15) is 0 Å². The van der Waals surface area contributed by atoms with E-state index in [0.29, 0.717) is 6.61 Å². The summed E-state index contributed by atoms with van der Waals surface area (Å²) in [5, 5.41) is 0. The maximum Gasteiger partial charge on any atom is 0.171 e. The van der Waals surface area contributed by atoms with Crippen LogP contribution in [0.15, 0.2) is 12.7 Å². The highest BCUT2D eigenvalue weighted by Crippen LogP contribution is 2.63. The van der Waals surface area contributed by atoms with Crippen LogP contribution in [0.2, 0.25) is 0 Å². The molecule has 1 rings (SSSR count). The fourth-order valence-electron chi connectivity index (χ4n) is 1.94. The summed E-state index contributed by atoms with van der Waals surface area (Å²) >= 11 is 0. The molecule has 0 aromatic carbocycles. The Morgan fingerprint density at radius 3 is 2.25 bits per heavy atom. The van der Waals surface area contributed by atoms with E-state index in [2.05, 4.69) is 48.1 Å². The van der Waals surface area contributed by atoms with E-state index in [4.69, 9.17) is 9.05 Å². The number of rotatable bonds is 3. The Morgan fingerprint density at radius 1 is 1.25 bits per heavy atom. The summed E-state index contributed by atoms with van der Waals surface area (Å²) in [7, 11) is -0.783. The van der Waals surface area contributed by atoms with Crippen molar-refractivity contribution in [3.8, 4) is 0 Å². The molecule has 1 saturated heterocycles. The fraction of sp³-hybridized carbons (Fsp3) is 0.846. The van der Waals surface area contributed by atoms with Crippen LogP contribution in [0.1, 0.15) is 41.5 Å². The largest absolute Gasteiger partial charge is 0.330 e. The monoisotopic (exact) mass is 244 g/mol. The topological polar surface area (TPSA) is 18.5 Å². The third-order valence-corrected chi connectivity index (χ3v) is 6.53. The van der Waals surface area contributed by atoms with E-state index in [1.807, 2.05) is 0 Å². The molecule has 0 radical (unpaired) electrons. The van der Waals surface area contributed by atoms with Crippen molar-refractivity contribution < 1.29 is 9.05 Å². The van der Waals surface area contributed by atoms with Gasteiger partial charge in [-0.2, -0.15) is 0 Å². The molecule has 0 N–H and O–H groups in total. The molecule has 0 bridgehead atoms. The van der Waals surface area contributed by atoms with E-state index in [9.17, 15) is 0 Å². The van der Waals surface area contributed by atoms with Gasteiger partial charge >= 0.3 is 0 Å². The SMILES string of the molecule is C=CCOP1CC(C)(C)C(C)(C)C(C)(C)O1. The van der Waals surface area contributed by atoms with Crippen molar-refractivity contribution >= 4 is 8.38 Å². The molecule has 1 unspecified atom stereocenters. The summed E-state index contributed by atoms with van der Waals surface area (Å²) in [4.78, 5) is 0. The van der Waals surface area contributed by atoms with Crippen LogP contribution in [0.5, 0.6) is 0 Å². The Kier molecular flexibility index (Phi) is 3.89. The zero-order valence-electron chi connectivity index (χ0n) is 11.5. The van der Waals surface area contributed by atoms with Gasteiger partial charge in [0.15, 0.2) is 8.38 Å². The molecule has 0 aromatic rings. The first-order chi connectivity index (χ1) is 7.14. The lowest BCUT2D eigenvalue weighted by atomic mass is 9.61. The van der Waals surface area contributed by atoms with Crippen LogP contribution in [-0.4, -0.2) is 18.4 Å². The summed E-state index contributed by atoms with van der Waals surface area (Å²) in [5.74, 6) is 0. The van der Waals surface area contributed by atoms with Crippen LogP contribution >= 0.6 is 8.38 Å².